The van der Waals surface area contributed by atoms with Gasteiger partial charge in [0, 0.05) is 18.7 Å². The van der Waals surface area contributed by atoms with Gasteiger partial charge >= 0.3 is 5.97 Å². The van der Waals surface area contributed by atoms with Gasteiger partial charge in [0.25, 0.3) is 0 Å². The molecular formula is C20H28N4O5S. The number of nitrogens with zero attached hydrogens (tertiary/aromatic N) is 1. The highest BCUT2D eigenvalue weighted by molar-refractivity contribution is 7.80. The fourth-order valence-electron chi connectivity index (χ4n) is 3.31. The van der Waals surface area contributed by atoms with Crippen LogP contribution in [0.4, 0.5) is 0 Å². The lowest BCUT2D eigenvalue weighted by Crippen LogP contribution is -2.58. The lowest BCUT2D eigenvalue weighted by Gasteiger charge is -2.28. The largest absolute Gasteiger partial charge is 0.480 e. The van der Waals surface area contributed by atoms with Crippen molar-refractivity contribution in [2.75, 3.05) is 12.3 Å². The van der Waals surface area contributed by atoms with E-state index in [1.165, 1.54) is 11.8 Å². The average molecular weight is 437 g/mol. The highest BCUT2D eigenvalue weighted by Crippen LogP contribution is 2.19. The third-order valence-electron chi connectivity index (χ3n) is 4.95. The molecule has 9 nitrogen and oxygen atoms in total. The predicted octanol–water partition coefficient (Wildman–Crippen LogP) is -0.449. The van der Waals surface area contributed by atoms with E-state index >= 15 is 0 Å². The van der Waals surface area contributed by atoms with Crippen molar-refractivity contribution in [3.8, 4) is 0 Å². The first kappa shape index (κ1) is 23.7. The third-order valence-corrected chi connectivity index (χ3v) is 5.31. The number of carboxylic acid groups (broad SMARTS) is 1. The van der Waals surface area contributed by atoms with Gasteiger partial charge in [-0.3, -0.25) is 14.4 Å². The van der Waals surface area contributed by atoms with Crippen molar-refractivity contribution in [2.24, 2.45) is 5.73 Å². The van der Waals surface area contributed by atoms with E-state index in [2.05, 4.69) is 23.3 Å². The van der Waals surface area contributed by atoms with Gasteiger partial charge in [-0.15, -0.1) is 0 Å². The second-order valence-electron chi connectivity index (χ2n) is 7.31. The lowest BCUT2D eigenvalue weighted by molar-refractivity contribution is -0.149. The highest BCUT2D eigenvalue weighted by atomic mass is 32.1. The molecule has 1 fully saturated rings. The molecule has 0 spiro atoms. The van der Waals surface area contributed by atoms with Gasteiger partial charge in [0.2, 0.25) is 17.7 Å². The molecule has 0 saturated carbocycles. The van der Waals surface area contributed by atoms with Crippen molar-refractivity contribution in [1.29, 1.82) is 0 Å². The molecule has 0 aromatic heterocycles. The van der Waals surface area contributed by atoms with Crippen LogP contribution in [-0.4, -0.2) is 70.2 Å². The van der Waals surface area contributed by atoms with Crippen LogP contribution in [0.3, 0.4) is 0 Å². The minimum absolute atomic E-state index is 0.00723. The van der Waals surface area contributed by atoms with Crippen molar-refractivity contribution in [3.63, 3.8) is 0 Å². The van der Waals surface area contributed by atoms with E-state index in [0.29, 0.717) is 19.4 Å². The van der Waals surface area contributed by atoms with Crippen molar-refractivity contribution in [1.82, 2.24) is 15.5 Å². The number of hydrogen-bond acceptors (Lipinski definition) is 6. The van der Waals surface area contributed by atoms with Gasteiger partial charge in [-0.25, -0.2) is 4.79 Å². The number of benzene rings is 1. The maximum absolute atomic E-state index is 12.9. The molecule has 1 aliphatic heterocycles. The van der Waals surface area contributed by atoms with E-state index in [-0.39, 0.29) is 12.2 Å². The zero-order chi connectivity index (χ0) is 22.3. The summed E-state index contributed by atoms with van der Waals surface area (Å²) in [5, 5.41) is 14.5. The van der Waals surface area contributed by atoms with Crippen molar-refractivity contribution >= 4 is 36.3 Å². The number of hydrogen-bond donors (Lipinski definition) is 5. The van der Waals surface area contributed by atoms with Gasteiger partial charge in [-0.2, -0.15) is 12.6 Å². The zero-order valence-electron chi connectivity index (χ0n) is 16.8. The molecule has 1 heterocycles. The molecule has 4 unspecified atom stereocenters. The maximum Gasteiger partial charge on any atom is 0.326 e. The molecule has 0 aliphatic carbocycles. The maximum atomic E-state index is 12.9. The first-order valence-electron chi connectivity index (χ1n) is 9.79. The first-order chi connectivity index (χ1) is 14.2. The smallest absolute Gasteiger partial charge is 0.326 e. The zero-order valence-corrected chi connectivity index (χ0v) is 17.7. The minimum Gasteiger partial charge on any atom is -0.480 e. The molecule has 5 N–H and O–H groups in total. The van der Waals surface area contributed by atoms with E-state index < -0.39 is 47.9 Å². The number of thiol groups is 1. The first-order valence-corrected chi connectivity index (χ1v) is 10.4. The Bertz CT molecular complexity index is 774. The molecule has 1 aromatic carbocycles. The predicted molar refractivity (Wildman–Crippen MR) is 114 cm³/mol. The van der Waals surface area contributed by atoms with Crippen LogP contribution in [0.25, 0.3) is 0 Å². The second-order valence-corrected chi connectivity index (χ2v) is 7.68. The summed E-state index contributed by atoms with van der Waals surface area (Å²) in [6.07, 6.45) is 1.16. The Labute approximate surface area is 180 Å². The molecule has 1 aliphatic rings. The topological polar surface area (TPSA) is 142 Å². The van der Waals surface area contributed by atoms with Crippen LogP contribution in [0.5, 0.6) is 0 Å². The number of aliphatic carboxylic acids is 1. The molecule has 1 aromatic rings. The number of likely N-dealkylation sites (tertiary alicyclic amines) is 1. The SMILES string of the molecule is CC(N)C(=O)NC(Cc1ccccc1)C(=O)NC(CS)C(=O)N1CCCC1C(=O)O. The molecule has 164 valence electrons. The van der Waals surface area contributed by atoms with Crippen LogP contribution in [0.15, 0.2) is 30.3 Å². The normalized spacial score (nSPS) is 18.9. The quantitative estimate of drug-likeness (QED) is 0.332. The van der Waals surface area contributed by atoms with Crippen LogP contribution in [0.2, 0.25) is 0 Å². The Balaban J connectivity index is 2.13. The second kappa shape index (κ2) is 11.0. The Morgan fingerprint density at radius 1 is 1.17 bits per heavy atom. The number of nitrogens with two attached hydrogens (primary N) is 1. The Kier molecular flexibility index (Phi) is 8.67. The summed E-state index contributed by atoms with van der Waals surface area (Å²) >= 11 is 4.16. The van der Waals surface area contributed by atoms with E-state index in [1.54, 1.807) is 0 Å². The monoisotopic (exact) mass is 436 g/mol. The summed E-state index contributed by atoms with van der Waals surface area (Å²) in [5.74, 6) is -2.64. The number of carbonyl (C=O) groups is 4. The lowest BCUT2D eigenvalue weighted by atomic mass is 10.0. The number of rotatable bonds is 9. The van der Waals surface area contributed by atoms with Gasteiger partial charge < -0.3 is 26.4 Å². The van der Waals surface area contributed by atoms with Crippen molar-refractivity contribution in [3.05, 3.63) is 35.9 Å². The van der Waals surface area contributed by atoms with Gasteiger partial charge in [0.15, 0.2) is 0 Å². The Hall–Kier alpha value is -2.59. The Morgan fingerprint density at radius 3 is 2.37 bits per heavy atom. The van der Waals surface area contributed by atoms with Gasteiger partial charge in [-0.05, 0) is 25.3 Å². The average Bonchev–Trinajstić information content (AvgIpc) is 3.21. The summed E-state index contributed by atoms with van der Waals surface area (Å²) in [5.41, 5.74) is 6.43. The molecule has 30 heavy (non-hydrogen) atoms. The summed E-state index contributed by atoms with van der Waals surface area (Å²) < 4.78 is 0. The van der Waals surface area contributed by atoms with Crippen molar-refractivity contribution < 1.29 is 24.3 Å². The van der Waals surface area contributed by atoms with Crippen LogP contribution < -0.4 is 16.4 Å². The van der Waals surface area contributed by atoms with Crippen LogP contribution in [0.1, 0.15) is 25.3 Å². The van der Waals surface area contributed by atoms with Crippen LogP contribution >= 0.6 is 12.6 Å². The highest BCUT2D eigenvalue weighted by Gasteiger charge is 2.38. The molecule has 0 radical (unpaired) electrons. The van der Waals surface area contributed by atoms with E-state index in [4.69, 9.17) is 5.73 Å². The molecular weight excluding hydrogens is 408 g/mol. The summed E-state index contributed by atoms with van der Waals surface area (Å²) in [6.45, 7) is 1.82. The third kappa shape index (κ3) is 6.20. The fourth-order valence-corrected chi connectivity index (χ4v) is 3.55. The van der Waals surface area contributed by atoms with E-state index in [0.717, 1.165) is 5.56 Å². The summed E-state index contributed by atoms with van der Waals surface area (Å²) in [6, 6.07) is 5.44. The van der Waals surface area contributed by atoms with Gasteiger partial charge in [0.1, 0.15) is 18.1 Å². The van der Waals surface area contributed by atoms with Crippen LogP contribution in [-0.2, 0) is 25.6 Å². The molecule has 4 atom stereocenters. The molecule has 3 amide bonds. The number of amides is 3. The molecule has 2 rings (SSSR count). The van der Waals surface area contributed by atoms with Gasteiger partial charge in [0.05, 0.1) is 6.04 Å². The standard InChI is InChI=1S/C20H28N4O5S/c1-12(21)17(25)22-14(10-13-6-3-2-4-7-13)18(26)23-15(11-30)19(27)24-9-5-8-16(24)20(28)29/h2-4,6-7,12,14-16,30H,5,8-11,21H2,1H3,(H,22,25)(H,23,26)(H,28,29). The van der Waals surface area contributed by atoms with Crippen LogP contribution in [0, 0.1) is 0 Å². The number of nitrogens with one attached hydrogen (secondary N) is 2. The molecule has 10 heteroatoms. The van der Waals surface area contributed by atoms with E-state index in [1.807, 2.05) is 30.3 Å². The van der Waals surface area contributed by atoms with Gasteiger partial charge in [-0.1, -0.05) is 30.3 Å². The molecule has 0 bridgehead atoms. The summed E-state index contributed by atoms with van der Waals surface area (Å²) in [4.78, 5) is 50.5. The summed E-state index contributed by atoms with van der Waals surface area (Å²) in [7, 11) is 0. The van der Waals surface area contributed by atoms with Crippen molar-refractivity contribution in [2.45, 2.75) is 50.4 Å². The number of carboxylic acids is 1. The Morgan fingerprint density at radius 2 is 1.80 bits per heavy atom. The fraction of sp³-hybridized carbons (Fsp3) is 0.500. The number of carbonyl (C=O) groups excluding carboxylic acids is 3. The minimum atomic E-state index is -1.07. The van der Waals surface area contributed by atoms with E-state index in [9.17, 15) is 24.3 Å². The molecule has 1 saturated heterocycles.